The lowest BCUT2D eigenvalue weighted by Gasteiger charge is -2.16. The summed E-state index contributed by atoms with van der Waals surface area (Å²) in [5.41, 5.74) is 14.4. The van der Waals surface area contributed by atoms with Gasteiger partial charge in [-0.1, -0.05) is 32.9 Å². The van der Waals surface area contributed by atoms with Crippen LogP contribution in [0.2, 0.25) is 0 Å². The number of pyridine rings is 1. The Hall–Kier alpha value is -1.83. The van der Waals surface area contributed by atoms with Crippen molar-refractivity contribution >= 4 is 5.69 Å². The van der Waals surface area contributed by atoms with Crippen LogP contribution in [0.4, 0.5) is 5.69 Å². The third-order valence-corrected chi connectivity index (χ3v) is 3.82. The lowest BCUT2D eigenvalue weighted by Crippen LogP contribution is -2.02. The quantitative estimate of drug-likeness (QED) is 0.896. The molecule has 0 aliphatic carbocycles. The Kier molecular flexibility index (Phi) is 4.43. The minimum absolute atomic E-state index is 0.777. The summed E-state index contributed by atoms with van der Waals surface area (Å²) in [6.45, 7) is 8.62. The molecule has 2 aromatic rings. The van der Waals surface area contributed by atoms with Crippen molar-refractivity contribution in [1.82, 2.24) is 4.98 Å². The van der Waals surface area contributed by atoms with Gasteiger partial charge in [0, 0.05) is 11.8 Å². The van der Waals surface area contributed by atoms with Gasteiger partial charge in [-0.25, -0.2) is 0 Å². The fourth-order valence-electron chi connectivity index (χ4n) is 2.71. The number of hydrogen-bond donors (Lipinski definition) is 1. The number of nitrogens with two attached hydrogens (primary N) is 1. The van der Waals surface area contributed by atoms with Crippen LogP contribution in [0.1, 0.15) is 43.0 Å². The summed E-state index contributed by atoms with van der Waals surface area (Å²) < 4.78 is 0. The average Bonchev–Trinajstić information content (AvgIpc) is 2.46. The summed E-state index contributed by atoms with van der Waals surface area (Å²) in [6.07, 6.45) is 4.98. The third-order valence-electron chi connectivity index (χ3n) is 3.82. The second-order valence-electron chi connectivity index (χ2n) is 5.30. The fourth-order valence-corrected chi connectivity index (χ4v) is 2.71. The molecule has 1 aromatic carbocycles. The van der Waals surface area contributed by atoms with Gasteiger partial charge in [-0.3, -0.25) is 4.98 Å². The summed E-state index contributed by atoms with van der Waals surface area (Å²) in [7, 11) is 0. The van der Waals surface area contributed by atoms with Crippen LogP contribution >= 0.6 is 0 Å². The van der Waals surface area contributed by atoms with Crippen LogP contribution in [0.25, 0.3) is 11.3 Å². The zero-order valence-electron chi connectivity index (χ0n) is 13.0. The summed E-state index contributed by atoms with van der Waals surface area (Å²) in [5, 5.41) is 0. The van der Waals surface area contributed by atoms with Crippen LogP contribution in [0, 0.1) is 6.92 Å². The number of rotatable bonds is 4. The maximum absolute atomic E-state index is 6.21. The van der Waals surface area contributed by atoms with E-state index in [1.54, 1.807) is 0 Å². The number of hydrogen-bond acceptors (Lipinski definition) is 2. The molecule has 0 aliphatic rings. The molecule has 2 N–H and O–H groups in total. The van der Waals surface area contributed by atoms with E-state index >= 15 is 0 Å². The Morgan fingerprint density at radius 1 is 0.950 bits per heavy atom. The van der Waals surface area contributed by atoms with Crippen LogP contribution in [-0.2, 0) is 19.3 Å². The van der Waals surface area contributed by atoms with Gasteiger partial charge in [-0.2, -0.15) is 0 Å². The lowest BCUT2D eigenvalue weighted by molar-refractivity contribution is 1.04. The van der Waals surface area contributed by atoms with Crippen LogP contribution in [0.5, 0.6) is 0 Å². The number of nitrogen functional groups attached to an aromatic ring is 1. The van der Waals surface area contributed by atoms with Crippen LogP contribution < -0.4 is 5.73 Å². The number of aromatic nitrogens is 1. The van der Waals surface area contributed by atoms with Gasteiger partial charge < -0.3 is 5.73 Å². The Morgan fingerprint density at radius 3 is 2.00 bits per heavy atom. The second kappa shape index (κ2) is 6.08. The zero-order chi connectivity index (χ0) is 14.7. The van der Waals surface area contributed by atoms with Gasteiger partial charge in [-0.15, -0.1) is 0 Å². The molecule has 2 nitrogen and oxygen atoms in total. The molecular weight excluding hydrogens is 244 g/mol. The molecule has 0 bridgehead atoms. The maximum Gasteiger partial charge on any atom is 0.0936 e. The lowest BCUT2D eigenvalue weighted by atomic mass is 9.91. The highest BCUT2D eigenvalue weighted by Crippen LogP contribution is 2.32. The number of anilines is 1. The van der Waals surface area contributed by atoms with Crippen molar-refractivity contribution in [3.05, 3.63) is 46.6 Å². The van der Waals surface area contributed by atoms with Gasteiger partial charge in [0.2, 0.25) is 0 Å². The van der Waals surface area contributed by atoms with Crippen LogP contribution in [0.3, 0.4) is 0 Å². The monoisotopic (exact) mass is 268 g/mol. The highest BCUT2D eigenvalue weighted by molar-refractivity contribution is 5.78. The van der Waals surface area contributed by atoms with Crippen molar-refractivity contribution in [2.75, 3.05) is 5.73 Å². The van der Waals surface area contributed by atoms with Crippen molar-refractivity contribution in [1.29, 1.82) is 0 Å². The number of aryl methyl sites for hydroxylation is 4. The van der Waals surface area contributed by atoms with E-state index in [4.69, 9.17) is 5.73 Å². The van der Waals surface area contributed by atoms with Crippen molar-refractivity contribution in [3.8, 4) is 11.3 Å². The highest BCUT2D eigenvalue weighted by atomic mass is 14.7. The van der Waals surface area contributed by atoms with E-state index < -0.39 is 0 Å². The van der Waals surface area contributed by atoms with Gasteiger partial charge in [0.05, 0.1) is 11.4 Å². The summed E-state index contributed by atoms with van der Waals surface area (Å²) in [6, 6.07) is 6.61. The first-order valence-corrected chi connectivity index (χ1v) is 7.47. The van der Waals surface area contributed by atoms with E-state index in [1.807, 2.05) is 19.2 Å². The molecule has 2 rings (SSSR count). The average molecular weight is 268 g/mol. The van der Waals surface area contributed by atoms with E-state index in [0.29, 0.717) is 0 Å². The summed E-state index contributed by atoms with van der Waals surface area (Å²) in [4.78, 5) is 4.60. The molecule has 0 saturated carbocycles. The Balaban J connectivity index is 2.71. The highest BCUT2D eigenvalue weighted by Gasteiger charge is 2.14. The second-order valence-corrected chi connectivity index (χ2v) is 5.30. The molecule has 0 fully saturated rings. The standard InChI is InChI=1S/C18H24N2/c1-5-13-9-14(6-2)17(15(7-3)10-13)18-16(19)8-12(4)11-20-18/h8-11H,5-7,19H2,1-4H3. The SMILES string of the molecule is CCc1cc(CC)c(-c2ncc(C)cc2N)c(CC)c1. The molecule has 106 valence electrons. The Morgan fingerprint density at radius 2 is 1.55 bits per heavy atom. The van der Waals surface area contributed by atoms with Gasteiger partial charge >= 0.3 is 0 Å². The smallest absolute Gasteiger partial charge is 0.0936 e. The Labute approximate surface area is 122 Å². The summed E-state index contributed by atoms with van der Waals surface area (Å²) in [5.74, 6) is 0. The van der Waals surface area contributed by atoms with Crippen molar-refractivity contribution in [3.63, 3.8) is 0 Å². The molecule has 1 heterocycles. The minimum atomic E-state index is 0.777. The largest absolute Gasteiger partial charge is 0.397 e. The first-order chi connectivity index (χ1) is 9.60. The minimum Gasteiger partial charge on any atom is -0.397 e. The molecule has 1 aromatic heterocycles. The molecule has 20 heavy (non-hydrogen) atoms. The summed E-state index contributed by atoms with van der Waals surface area (Å²) >= 11 is 0. The molecule has 0 unspecified atom stereocenters. The predicted octanol–water partition coefficient (Wildman–Crippen LogP) is 4.33. The van der Waals surface area contributed by atoms with Gasteiger partial charge in [-0.05, 0) is 54.5 Å². The molecular formula is C18H24N2. The van der Waals surface area contributed by atoms with Crippen molar-refractivity contribution < 1.29 is 0 Å². The fraction of sp³-hybridized carbons (Fsp3) is 0.389. The molecule has 0 radical (unpaired) electrons. The van der Waals surface area contributed by atoms with Crippen molar-refractivity contribution in [2.24, 2.45) is 0 Å². The van der Waals surface area contributed by atoms with Gasteiger partial charge in [0.25, 0.3) is 0 Å². The van der Waals surface area contributed by atoms with E-state index in [-0.39, 0.29) is 0 Å². The van der Waals surface area contributed by atoms with E-state index in [2.05, 4.69) is 37.9 Å². The van der Waals surface area contributed by atoms with E-state index in [9.17, 15) is 0 Å². The predicted molar refractivity (Wildman–Crippen MR) is 87.0 cm³/mol. The molecule has 0 saturated heterocycles. The zero-order valence-corrected chi connectivity index (χ0v) is 13.0. The third kappa shape index (κ3) is 2.69. The van der Waals surface area contributed by atoms with E-state index in [0.717, 1.165) is 36.2 Å². The normalized spacial score (nSPS) is 10.8. The van der Waals surface area contributed by atoms with Crippen LogP contribution in [0.15, 0.2) is 24.4 Å². The molecule has 0 amide bonds. The van der Waals surface area contributed by atoms with Crippen LogP contribution in [-0.4, -0.2) is 4.98 Å². The molecule has 0 aliphatic heterocycles. The Bertz CT molecular complexity index is 590. The number of nitrogens with zero attached hydrogens (tertiary/aromatic N) is 1. The maximum atomic E-state index is 6.21. The first kappa shape index (κ1) is 14.6. The first-order valence-electron chi connectivity index (χ1n) is 7.47. The van der Waals surface area contributed by atoms with E-state index in [1.165, 1.54) is 22.3 Å². The van der Waals surface area contributed by atoms with Gasteiger partial charge in [0.1, 0.15) is 0 Å². The van der Waals surface area contributed by atoms with Gasteiger partial charge in [0.15, 0.2) is 0 Å². The van der Waals surface area contributed by atoms with Crippen molar-refractivity contribution in [2.45, 2.75) is 47.0 Å². The number of benzene rings is 1. The topological polar surface area (TPSA) is 38.9 Å². The molecule has 2 heteroatoms. The molecule has 0 spiro atoms. The molecule has 0 atom stereocenters.